The van der Waals surface area contributed by atoms with Crippen LogP contribution in [0.15, 0.2) is 50.2 Å². The van der Waals surface area contributed by atoms with Gasteiger partial charge in [0, 0.05) is 16.7 Å². The average Bonchev–Trinajstić information content (AvgIpc) is 3.21. The number of carbonyl (C=O) groups excluding carboxylic acids is 1. The molecule has 158 valence electrons. The molecule has 1 N–H and O–H groups in total. The van der Waals surface area contributed by atoms with Crippen molar-refractivity contribution in [1.82, 2.24) is 10.3 Å². The van der Waals surface area contributed by atoms with Crippen LogP contribution >= 0.6 is 23.2 Å². The zero-order chi connectivity index (χ0) is 22.1. The Hall–Kier alpha value is -3.16. The SMILES string of the molecule is CCc1ccc(CC)c(-c2nonc2NC(=O)c2cc(=O)c3cc(Cl)cc(Cl)c3o2)c1. The maximum absolute atomic E-state index is 12.8. The van der Waals surface area contributed by atoms with Gasteiger partial charge in [0.05, 0.1) is 10.4 Å². The predicted molar refractivity (Wildman–Crippen MR) is 119 cm³/mol. The van der Waals surface area contributed by atoms with Gasteiger partial charge in [-0.3, -0.25) is 14.9 Å². The van der Waals surface area contributed by atoms with Crippen LogP contribution in [0.1, 0.15) is 35.5 Å². The number of anilines is 1. The summed E-state index contributed by atoms with van der Waals surface area (Å²) in [5.74, 6) is -0.793. The van der Waals surface area contributed by atoms with Gasteiger partial charge in [0.15, 0.2) is 22.5 Å². The van der Waals surface area contributed by atoms with Crippen LogP contribution in [0.25, 0.3) is 22.2 Å². The molecule has 1 amide bonds. The first kappa shape index (κ1) is 21.1. The molecule has 0 fully saturated rings. The summed E-state index contributed by atoms with van der Waals surface area (Å²) < 4.78 is 10.5. The summed E-state index contributed by atoms with van der Waals surface area (Å²) in [6.45, 7) is 4.07. The van der Waals surface area contributed by atoms with E-state index in [9.17, 15) is 9.59 Å². The molecule has 9 heteroatoms. The number of hydrogen-bond acceptors (Lipinski definition) is 6. The van der Waals surface area contributed by atoms with Gasteiger partial charge >= 0.3 is 0 Å². The second kappa shape index (κ2) is 8.53. The van der Waals surface area contributed by atoms with Crippen LogP contribution in [-0.2, 0) is 12.8 Å². The van der Waals surface area contributed by atoms with Gasteiger partial charge < -0.3 is 4.42 Å². The summed E-state index contributed by atoms with van der Waals surface area (Å²) in [6, 6.07) is 10.0. The van der Waals surface area contributed by atoms with Crippen molar-refractivity contribution in [3.63, 3.8) is 0 Å². The van der Waals surface area contributed by atoms with Crippen LogP contribution in [0.4, 0.5) is 5.82 Å². The molecule has 4 aromatic rings. The van der Waals surface area contributed by atoms with Gasteiger partial charge in [-0.1, -0.05) is 49.2 Å². The third-order valence-corrected chi connectivity index (χ3v) is 5.41. The van der Waals surface area contributed by atoms with Gasteiger partial charge in [-0.15, -0.1) is 0 Å². The summed E-state index contributed by atoms with van der Waals surface area (Å²) in [6.07, 6.45) is 1.61. The fourth-order valence-corrected chi connectivity index (χ4v) is 3.82. The summed E-state index contributed by atoms with van der Waals surface area (Å²) >= 11 is 12.1. The monoisotopic (exact) mass is 457 g/mol. The quantitative estimate of drug-likeness (QED) is 0.423. The van der Waals surface area contributed by atoms with Crippen LogP contribution in [0.3, 0.4) is 0 Å². The third-order valence-electron chi connectivity index (χ3n) is 4.91. The second-order valence-corrected chi connectivity index (χ2v) is 7.70. The number of halogens is 2. The minimum absolute atomic E-state index is 0.0751. The molecule has 0 radical (unpaired) electrons. The van der Waals surface area contributed by atoms with E-state index < -0.39 is 11.3 Å². The van der Waals surface area contributed by atoms with Gasteiger partial charge in [0.25, 0.3) is 5.91 Å². The molecular weight excluding hydrogens is 441 g/mol. The lowest BCUT2D eigenvalue weighted by Gasteiger charge is -2.09. The molecule has 4 rings (SSSR count). The standard InChI is InChI=1S/C22H17Cl2N3O4/c1-3-11-5-6-12(4-2)14(7-11)19-21(27-31-26-19)25-22(29)18-10-17(28)15-8-13(23)9-16(24)20(15)30-18/h5-10H,3-4H2,1-2H3,(H,25,27,29). The molecule has 0 aliphatic heterocycles. The van der Waals surface area contributed by atoms with E-state index in [0.717, 1.165) is 35.6 Å². The number of nitrogens with zero attached hydrogens (tertiary/aromatic N) is 2. The van der Waals surface area contributed by atoms with Crippen molar-refractivity contribution in [3.05, 3.63) is 73.6 Å². The van der Waals surface area contributed by atoms with Crippen molar-refractivity contribution < 1.29 is 13.8 Å². The van der Waals surface area contributed by atoms with E-state index in [1.165, 1.54) is 12.1 Å². The summed E-state index contributed by atoms with van der Waals surface area (Å²) in [4.78, 5) is 25.3. The van der Waals surface area contributed by atoms with Crippen molar-refractivity contribution in [2.45, 2.75) is 26.7 Å². The van der Waals surface area contributed by atoms with Crippen LogP contribution in [0, 0.1) is 0 Å². The zero-order valence-electron chi connectivity index (χ0n) is 16.7. The molecule has 0 aliphatic carbocycles. The molecule has 0 unspecified atom stereocenters. The number of aromatic nitrogens is 2. The van der Waals surface area contributed by atoms with Gasteiger partial charge in [-0.25, -0.2) is 4.63 Å². The second-order valence-electron chi connectivity index (χ2n) is 6.85. The van der Waals surface area contributed by atoms with Gasteiger partial charge in [0.1, 0.15) is 0 Å². The fourth-order valence-electron chi connectivity index (χ4n) is 3.28. The maximum atomic E-state index is 12.8. The highest BCUT2D eigenvalue weighted by atomic mass is 35.5. The van der Waals surface area contributed by atoms with Crippen LogP contribution < -0.4 is 10.7 Å². The number of carbonyl (C=O) groups is 1. The number of aryl methyl sites for hydroxylation is 2. The summed E-state index contributed by atoms with van der Waals surface area (Å²) in [5, 5.41) is 11.0. The molecule has 0 atom stereocenters. The molecule has 2 heterocycles. The van der Waals surface area contributed by atoms with Crippen LogP contribution in [-0.4, -0.2) is 16.2 Å². The van der Waals surface area contributed by atoms with E-state index in [0.29, 0.717) is 10.7 Å². The van der Waals surface area contributed by atoms with Gasteiger partial charge in [-0.05, 0) is 52.5 Å². The first-order valence-corrected chi connectivity index (χ1v) is 10.4. The zero-order valence-corrected chi connectivity index (χ0v) is 18.2. The lowest BCUT2D eigenvalue weighted by atomic mass is 9.98. The number of nitrogens with one attached hydrogen (secondary N) is 1. The van der Waals surface area contributed by atoms with E-state index in [2.05, 4.69) is 22.6 Å². The molecule has 31 heavy (non-hydrogen) atoms. The lowest BCUT2D eigenvalue weighted by molar-refractivity contribution is 0.0996. The van der Waals surface area contributed by atoms with E-state index in [1.54, 1.807) is 0 Å². The first-order valence-electron chi connectivity index (χ1n) is 9.60. The molecule has 0 saturated heterocycles. The molecule has 0 saturated carbocycles. The van der Waals surface area contributed by atoms with Crippen LogP contribution in [0.2, 0.25) is 10.0 Å². The highest BCUT2D eigenvalue weighted by Gasteiger charge is 2.21. The van der Waals surface area contributed by atoms with Crippen LogP contribution in [0.5, 0.6) is 0 Å². The Bertz CT molecular complexity index is 1360. The number of amides is 1. The highest BCUT2D eigenvalue weighted by Crippen LogP contribution is 2.30. The van der Waals surface area contributed by atoms with Gasteiger partial charge in [0.2, 0.25) is 5.82 Å². The van der Waals surface area contributed by atoms with E-state index >= 15 is 0 Å². The number of hydrogen-bond donors (Lipinski definition) is 1. The highest BCUT2D eigenvalue weighted by molar-refractivity contribution is 6.38. The Morgan fingerprint density at radius 2 is 1.87 bits per heavy atom. The minimum atomic E-state index is -0.688. The predicted octanol–water partition coefficient (Wildman–Crippen LogP) is 5.53. The smallest absolute Gasteiger partial charge is 0.292 e. The Balaban J connectivity index is 1.72. The van der Waals surface area contributed by atoms with Crippen molar-refractivity contribution in [2.24, 2.45) is 0 Å². The summed E-state index contributed by atoms with van der Waals surface area (Å²) in [5.41, 5.74) is 2.99. The molecule has 0 aliphatic rings. The van der Waals surface area contributed by atoms with Crippen molar-refractivity contribution >= 4 is 45.9 Å². The third kappa shape index (κ3) is 4.06. The summed E-state index contributed by atoms with van der Waals surface area (Å²) in [7, 11) is 0. The Labute approximate surface area is 186 Å². The lowest BCUT2D eigenvalue weighted by Crippen LogP contribution is -2.16. The van der Waals surface area contributed by atoms with Gasteiger partial charge in [-0.2, -0.15) is 0 Å². The van der Waals surface area contributed by atoms with E-state index in [-0.39, 0.29) is 27.6 Å². The Morgan fingerprint density at radius 1 is 1.06 bits per heavy atom. The molecule has 7 nitrogen and oxygen atoms in total. The Kier molecular flexibility index (Phi) is 5.80. The largest absolute Gasteiger partial charge is 0.449 e. The maximum Gasteiger partial charge on any atom is 0.292 e. The van der Waals surface area contributed by atoms with Crippen molar-refractivity contribution in [2.75, 3.05) is 5.32 Å². The molecule has 0 spiro atoms. The number of fused-ring (bicyclic) bond motifs is 1. The molecule has 2 aromatic heterocycles. The first-order chi connectivity index (χ1) is 14.9. The van der Waals surface area contributed by atoms with Crippen molar-refractivity contribution in [1.29, 1.82) is 0 Å². The number of benzene rings is 2. The topological polar surface area (TPSA) is 98.2 Å². The molecular formula is C22H17Cl2N3O4. The van der Waals surface area contributed by atoms with Crippen molar-refractivity contribution in [3.8, 4) is 11.3 Å². The van der Waals surface area contributed by atoms with E-state index in [1.807, 2.05) is 25.1 Å². The fraction of sp³-hybridized carbons (Fsp3) is 0.182. The molecule has 2 aromatic carbocycles. The molecule has 0 bridgehead atoms. The van der Waals surface area contributed by atoms with E-state index in [4.69, 9.17) is 32.2 Å². The average molecular weight is 458 g/mol. The Morgan fingerprint density at radius 3 is 2.61 bits per heavy atom. The normalized spacial score (nSPS) is 11.1. The number of rotatable bonds is 5. The minimum Gasteiger partial charge on any atom is -0.449 e.